The fraction of sp³-hybridized carbons (Fsp3) is 0.143. The Morgan fingerprint density at radius 1 is 1.14 bits per heavy atom. The zero-order valence-electron chi connectivity index (χ0n) is 10.8. The Balaban J connectivity index is 2.31. The number of carbonyl (C=O) groups is 1. The highest BCUT2D eigenvalue weighted by Crippen LogP contribution is 2.31. The van der Waals surface area contributed by atoms with Crippen LogP contribution in [-0.4, -0.2) is 10.8 Å². The number of ketones is 1. The van der Waals surface area contributed by atoms with Crippen LogP contribution in [-0.2, 0) is 12.6 Å². The second-order valence-electron chi connectivity index (χ2n) is 4.49. The van der Waals surface area contributed by atoms with E-state index >= 15 is 0 Å². The van der Waals surface area contributed by atoms with Crippen molar-refractivity contribution in [2.45, 2.75) is 12.6 Å². The minimum Gasteiger partial charge on any atom is -0.398 e. The Kier molecular flexibility index (Phi) is 3.84. The number of hydrogen-bond donors (Lipinski definition) is 2. The van der Waals surface area contributed by atoms with Crippen molar-refractivity contribution in [2.75, 3.05) is 11.5 Å². The van der Waals surface area contributed by atoms with E-state index in [-0.39, 0.29) is 23.5 Å². The number of alkyl halides is 3. The van der Waals surface area contributed by atoms with E-state index in [9.17, 15) is 18.0 Å². The Morgan fingerprint density at radius 2 is 1.86 bits per heavy atom. The molecule has 0 aliphatic heterocycles. The Bertz CT molecular complexity index is 683. The number of Topliss-reactive ketones (excluding diaryl/α,β-unsaturated/α-hetero) is 1. The monoisotopic (exact) mass is 295 g/mol. The van der Waals surface area contributed by atoms with Crippen molar-refractivity contribution in [3.8, 4) is 0 Å². The van der Waals surface area contributed by atoms with Gasteiger partial charge in [0.25, 0.3) is 0 Å². The number of carbonyl (C=O) groups excluding carboxylic acids is 1. The topological polar surface area (TPSA) is 82.0 Å². The number of anilines is 2. The molecule has 2 rings (SSSR count). The third kappa shape index (κ3) is 3.50. The maximum Gasteiger partial charge on any atom is 0.416 e. The minimum absolute atomic E-state index is 0.00929. The molecule has 0 bridgehead atoms. The van der Waals surface area contributed by atoms with Gasteiger partial charge in [-0.2, -0.15) is 13.2 Å². The number of aromatic nitrogens is 1. The Morgan fingerprint density at radius 3 is 2.48 bits per heavy atom. The molecule has 4 nitrogen and oxygen atoms in total. The summed E-state index contributed by atoms with van der Waals surface area (Å²) in [5.41, 5.74) is 10.6. The van der Waals surface area contributed by atoms with Crippen LogP contribution in [0.5, 0.6) is 0 Å². The third-order valence-electron chi connectivity index (χ3n) is 2.89. The standard InChI is InChI=1S/C14H12F3N3O/c15-14(16,17)9-1-2-11(18)10(7-9)12(21)5-8-3-4-20-13(19)6-8/h1-4,6-7H,5,18H2,(H2,19,20). The first-order valence-corrected chi connectivity index (χ1v) is 5.97. The summed E-state index contributed by atoms with van der Waals surface area (Å²) < 4.78 is 38.0. The largest absolute Gasteiger partial charge is 0.416 e. The van der Waals surface area contributed by atoms with Crippen LogP contribution < -0.4 is 11.5 Å². The van der Waals surface area contributed by atoms with Gasteiger partial charge in [-0.1, -0.05) is 0 Å². The summed E-state index contributed by atoms with van der Waals surface area (Å²) >= 11 is 0. The van der Waals surface area contributed by atoms with Gasteiger partial charge in [-0.15, -0.1) is 0 Å². The molecule has 7 heteroatoms. The van der Waals surface area contributed by atoms with Crippen molar-refractivity contribution in [3.05, 3.63) is 53.2 Å². The van der Waals surface area contributed by atoms with Crippen molar-refractivity contribution in [1.82, 2.24) is 4.98 Å². The van der Waals surface area contributed by atoms with Gasteiger partial charge in [-0.25, -0.2) is 4.98 Å². The fourth-order valence-corrected chi connectivity index (χ4v) is 1.86. The molecule has 0 aliphatic carbocycles. The summed E-state index contributed by atoms with van der Waals surface area (Å²) in [4.78, 5) is 15.9. The number of rotatable bonds is 3. The van der Waals surface area contributed by atoms with E-state index < -0.39 is 17.5 Å². The van der Waals surface area contributed by atoms with E-state index in [1.165, 1.54) is 12.3 Å². The van der Waals surface area contributed by atoms with E-state index in [1.54, 1.807) is 6.07 Å². The first-order chi connectivity index (χ1) is 9.77. The number of hydrogen-bond acceptors (Lipinski definition) is 4. The molecule has 0 saturated heterocycles. The van der Waals surface area contributed by atoms with Crippen LogP contribution in [0.1, 0.15) is 21.5 Å². The number of halogens is 3. The molecule has 0 unspecified atom stereocenters. The van der Waals surface area contributed by atoms with Gasteiger partial charge in [-0.05, 0) is 35.9 Å². The molecule has 1 aromatic carbocycles. The summed E-state index contributed by atoms with van der Waals surface area (Å²) in [6.45, 7) is 0. The highest BCUT2D eigenvalue weighted by atomic mass is 19.4. The molecule has 0 atom stereocenters. The van der Waals surface area contributed by atoms with Gasteiger partial charge in [0.2, 0.25) is 0 Å². The lowest BCUT2D eigenvalue weighted by atomic mass is 10.00. The fourth-order valence-electron chi connectivity index (χ4n) is 1.86. The summed E-state index contributed by atoms with van der Waals surface area (Å²) in [7, 11) is 0. The van der Waals surface area contributed by atoms with E-state index in [1.807, 2.05) is 0 Å². The van der Waals surface area contributed by atoms with Gasteiger partial charge in [0, 0.05) is 23.9 Å². The first kappa shape index (κ1) is 14.8. The predicted molar refractivity (Wildman–Crippen MR) is 72.5 cm³/mol. The molecule has 0 fully saturated rings. The maximum atomic E-state index is 12.7. The average molecular weight is 295 g/mol. The smallest absolute Gasteiger partial charge is 0.398 e. The van der Waals surface area contributed by atoms with Crippen LogP contribution in [0.25, 0.3) is 0 Å². The molecule has 110 valence electrons. The number of benzene rings is 1. The number of nitrogens with two attached hydrogens (primary N) is 2. The van der Waals surface area contributed by atoms with Crippen LogP contribution in [0, 0.1) is 0 Å². The zero-order valence-corrected chi connectivity index (χ0v) is 10.8. The predicted octanol–water partition coefficient (Wildman–Crippen LogP) is 2.69. The van der Waals surface area contributed by atoms with Gasteiger partial charge in [0.1, 0.15) is 5.82 Å². The SMILES string of the molecule is Nc1cc(CC(=O)c2cc(C(F)(F)F)ccc2N)ccn1. The summed E-state index contributed by atoms with van der Waals surface area (Å²) in [6, 6.07) is 5.75. The maximum absolute atomic E-state index is 12.7. The van der Waals surface area contributed by atoms with E-state index in [0.29, 0.717) is 5.56 Å². The number of nitrogen functional groups attached to an aromatic ring is 2. The molecule has 0 radical (unpaired) electrons. The number of nitrogens with zero attached hydrogens (tertiary/aromatic N) is 1. The van der Waals surface area contributed by atoms with Gasteiger partial charge < -0.3 is 11.5 Å². The first-order valence-electron chi connectivity index (χ1n) is 5.97. The summed E-state index contributed by atoms with van der Waals surface area (Å²) in [5, 5.41) is 0. The lowest BCUT2D eigenvalue weighted by Crippen LogP contribution is -2.11. The summed E-state index contributed by atoms with van der Waals surface area (Å²) in [6.07, 6.45) is -3.20. The van der Waals surface area contributed by atoms with E-state index in [4.69, 9.17) is 11.5 Å². The van der Waals surface area contributed by atoms with Gasteiger partial charge in [0.05, 0.1) is 5.56 Å². The van der Waals surface area contributed by atoms with Crippen LogP contribution in [0.3, 0.4) is 0 Å². The lowest BCUT2D eigenvalue weighted by Gasteiger charge is -2.10. The molecule has 0 aliphatic rings. The van der Waals surface area contributed by atoms with Crippen LogP contribution in [0.2, 0.25) is 0 Å². The molecule has 1 heterocycles. The average Bonchev–Trinajstić information content (AvgIpc) is 2.37. The molecule has 0 amide bonds. The Hall–Kier alpha value is -2.57. The van der Waals surface area contributed by atoms with Crippen molar-refractivity contribution in [1.29, 1.82) is 0 Å². The zero-order chi connectivity index (χ0) is 15.6. The van der Waals surface area contributed by atoms with Crippen LogP contribution >= 0.6 is 0 Å². The minimum atomic E-state index is -4.52. The molecule has 0 spiro atoms. The van der Waals surface area contributed by atoms with Crippen molar-refractivity contribution in [3.63, 3.8) is 0 Å². The Labute approximate surface area is 118 Å². The van der Waals surface area contributed by atoms with Crippen molar-refractivity contribution < 1.29 is 18.0 Å². The van der Waals surface area contributed by atoms with Gasteiger partial charge in [0.15, 0.2) is 5.78 Å². The second kappa shape index (κ2) is 5.43. The molecule has 1 aromatic heterocycles. The normalized spacial score (nSPS) is 11.4. The highest BCUT2D eigenvalue weighted by Gasteiger charge is 2.31. The second-order valence-corrected chi connectivity index (χ2v) is 4.49. The molecule has 21 heavy (non-hydrogen) atoms. The van der Waals surface area contributed by atoms with Crippen LogP contribution in [0.15, 0.2) is 36.5 Å². The van der Waals surface area contributed by atoms with Gasteiger partial charge in [-0.3, -0.25) is 4.79 Å². The quantitative estimate of drug-likeness (QED) is 0.673. The molecule has 4 N–H and O–H groups in total. The van der Waals surface area contributed by atoms with Crippen molar-refractivity contribution in [2.24, 2.45) is 0 Å². The van der Waals surface area contributed by atoms with Crippen molar-refractivity contribution >= 4 is 17.3 Å². The van der Waals surface area contributed by atoms with Crippen LogP contribution in [0.4, 0.5) is 24.7 Å². The number of pyridine rings is 1. The molecular formula is C14H12F3N3O. The van der Waals surface area contributed by atoms with E-state index in [0.717, 1.165) is 18.2 Å². The highest BCUT2D eigenvalue weighted by molar-refractivity contribution is 6.02. The van der Waals surface area contributed by atoms with E-state index in [2.05, 4.69) is 4.98 Å². The molecule has 2 aromatic rings. The van der Waals surface area contributed by atoms with Gasteiger partial charge >= 0.3 is 6.18 Å². The molecule has 0 saturated carbocycles. The lowest BCUT2D eigenvalue weighted by molar-refractivity contribution is -0.137. The summed E-state index contributed by atoms with van der Waals surface area (Å²) in [5.74, 6) is -0.276. The third-order valence-corrected chi connectivity index (χ3v) is 2.89. The molecular weight excluding hydrogens is 283 g/mol.